The lowest BCUT2D eigenvalue weighted by Crippen LogP contribution is -2.03. The third kappa shape index (κ3) is 3.17. The molecule has 18 heavy (non-hydrogen) atoms. The summed E-state index contributed by atoms with van der Waals surface area (Å²) in [5, 5.41) is 0. The SMILES string of the molecule is [CH2]COc1cc(C(C)C)c(N=C=O)c(C(C)C)n1. The summed E-state index contributed by atoms with van der Waals surface area (Å²) < 4.78 is 5.36. The summed E-state index contributed by atoms with van der Waals surface area (Å²) in [5.74, 6) is 0.912. The Morgan fingerprint density at radius 1 is 1.39 bits per heavy atom. The molecule has 4 heteroatoms. The zero-order chi connectivity index (χ0) is 13.7. The average Bonchev–Trinajstić information content (AvgIpc) is 2.30. The van der Waals surface area contributed by atoms with Crippen molar-refractivity contribution >= 4 is 11.8 Å². The molecule has 0 aromatic carbocycles. The lowest BCUT2D eigenvalue weighted by molar-refractivity contribution is 0.344. The molecule has 1 aromatic heterocycles. The molecule has 0 unspecified atom stereocenters. The molecule has 1 rings (SSSR count). The molecule has 1 radical (unpaired) electrons. The minimum Gasteiger partial charge on any atom is -0.478 e. The van der Waals surface area contributed by atoms with Crippen molar-refractivity contribution in [3.63, 3.8) is 0 Å². The Labute approximate surface area is 108 Å². The monoisotopic (exact) mass is 247 g/mol. The van der Waals surface area contributed by atoms with E-state index in [1.54, 1.807) is 6.08 Å². The molecule has 0 aliphatic heterocycles. The van der Waals surface area contributed by atoms with Crippen LogP contribution in [-0.4, -0.2) is 17.7 Å². The first-order valence-corrected chi connectivity index (χ1v) is 6.06. The van der Waals surface area contributed by atoms with E-state index in [1.807, 2.05) is 33.8 Å². The minimum absolute atomic E-state index is 0.156. The average molecular weight is 247 g/mol. The van der Waals surface area contributed by atoms with Crippen LogP contribution in [0.5, 0.6) is 5.88 Å². The predicted octanol–water partition coefficient (Wildman–Crippen LogP) is 3.51. The molecular weight excluding hydrogens is 228 g/mol. The van der Waals surface area contributed by atoms with Gasteiger partial charge in [-0.05, 0) is 24.3 Å². The Bertz CT molecular complexity index is 432. The molecule has 97 valence electrons. The minimum atomic E-state index is 0.156. The summed E-state index contributed by atoms with van der Waals surface area (Å²) in [6.45, 7) is 12.0. The number of hydrogen-bond acceptors (Lipinski definition) is 4. The van der Waals surface area contributed by atoms with Crippen LogP contribution in [0.1, 0.15) is 50.8 Å². The molecule has 0 saturated carbocycles. The number of pyridine rings is 1. The van der Waals surface area contributed by atoms with Crippen LogP contribution in [0.4, 0.5) is 5.69 Å². The van der Waals surface area contributed by atoms with Crippen LogP contribution < -0.4 is 4.74 Å². The second-order valence-corrected chi connectivity index (χ2v) is 4.64. The summed E-state index contributed by atoms with van der Waals surface area (Å²) in [6, 6.07) is 1.82. The maximum atomic E-state index is 10.6. The molecule has 0 fully saturated rings. The van der Waals surface area contributed by atoms with Crippen molar-refractivity contribution in [2.45, 2.75) is 39.5 Å². The Kier molecular flexibility index (Phi) is 5.05. The molecule has 0 saturated heterocycles. The lowest BCUT2D eigenvalue weighted by atomic mass is 9.97. The molecule has 4 nitrogen and oxygen atoms in total. The fourth-order valence-electron chi connectivity index (χ4n) is 1.74. The van der Waals surface area contributed by atoms with E-state index in [4.69, 9.17) is 4.74 Å². The summed E-state index contributed by atoms with van der Waals surface area (Å²) in [5.41, 5.74) is 2.32. The number of aromatic nitrogens is 1. The number of isocyanates is 1. The zero-order valence-electron chi connectivity index (χ0n) is 11.4. The van der Waals surface area contributed by atoms with E-state index in [9.17, 15) is 4.79 Å². The third-order valence-corrected chi connectivity index (χ3v) is 2.60. The topological polar surface area (TPSA) is 51.5 Å². The van der Waals surface area contributed by atoms with Gasteiger partial charge in [0, 0.05) is 6.07 Å². The van der Waals surface area contributed by atoms with E-state index < -0.39 is 0 Å². The van der Waals surface area contributed by atoms with Crippen molar-refractivity contribution in [1.29, 1.82) is 0 Å². The number of aliphatic imine (C=N–C) groups is 1. The first-order valence-electron chi connectivity index (χ1n) is 6.06. The van der Waals surface area contributed by atoms with Crippen LogP contribution in [0.25, 0.3) is 0 Å². The van der Waals surface area contributed by atoms with Gasteiger partial charge in [0.1, 0.15) is 5.69 Å². The molecule has 0 bridgehead atoms. The highest BCUT2D eigenvalue weighted by atomic mass is 16.5. The number of ether oxygens (including phenoxy) is 1. The van der Waals surface area contributed by atoms with Crippen molar-refractivity contribution in [3.8, 4) is 5.88 Å². The fourth-order valence-corrected chi connectivity index (χ4v) is 1.74. The molecule has 0 aliphatic rings. The molecule has 1 heterocycles. The molecule has 0 aliphatic carbocycles. The summed E-state index contributed by atoms with van der Waals surface area (Å²) >= 11 is 0. The van der Waals surface area contributed by atoms with Crippen LogP contribution in [-0.2, 0) is 4.79 Å². The van der Waals surface area contributed by atoms with Crippen molar-refractivity contribution in [3.05, 3.63) is 24.2 Å². The van der Waals surface area contributed by atoms with Gasteiger partial charge in [-0.2, -0.15) is 4.99 Å². The Morgan fingerprint density at radius 3 is 2.50 bits per heavy atom. The van der Waals surface area contributed by atoms with Gasteiger partial charge in [0.25, 0.3) is 0 Å². The van der Waals surface area contributed by atoms with E-state index in [1.165, 1.54) is 0 Å². The van der Waals surface area contributed by atoms with Crippen LogP contribution in [0.2, 0.25) is 0 Å². The molecule has 0 spiro atoms. The van der Waals surface area contributed by atoms with Crippen LogP contribution in [0.15, 0.2) is 11.1 Å². The van der Waals surface area contributed by atoms with Crippen LogP contribution >= 0.6 is 0 Å². The van der Waals surface area contributed by atoms with Gasteiger partial charge in [0.2, 0.25) is 12.0 Å². The number of carbonyl (C=O) groups excluding carboxylic acids is 1. The van der Waals surface area contributed by atoms with E-state index in [2.05, 4.69) is 16.9 Å². The number of nitrogens with zero attached hydrogens (tertiary/aromatic N) is 2. The number of rotatable bonds is 5. The highest BCUT2D eigenvalue weighted by Gasteiger charge is 2.17. The summed E-state index contributed by atoms with van der Waals surface area (Å²) in [6.07, 6.45) is 1.61. The van der Waals surface area contributed by atoms with E-state index in [0.717, 1.165) is 11.3 Å². The maximum absolute atomic E-state index is 10.6. The molecule has 0 amide bonds. The van der Waals surface area contributed by atoms with Crippen molar-refractivity contribution in [1.82, 2.24) is 4.98 Å². The van der Waals surface area contributed by atoms with Crippen LogP contribution in [0, 0.1) is 6.92 Å². The Hall–Kier alpha value is -1.67. The molecule has 0 N–H and O–H groups in total. The fraction of sp³-hybridized carbons (Fsp3) is 0.500. The molecule has 1 aromatic rings. The highest BCUT2D eigenvalue weighted by molar-refractivity contribution is 5.59. The second kappa shape index (κ2) is 6.31. The quantitative estimate of drug-likeness (QED) is 0.591. The second-order valence-electron chi connectivity index (χ2n) is 4.64. The van der Waals surface area contributed by atoms with Gasteiger partial charge in [-0.25, -0.2) is 9.78 Å². The lowest BCUT2D eigenvalue weighted by Gasteiger charge is -2.16. The van der Waals surface area contributed by atoms with Gasteiger partial charge in [-0.3, -0.25) is 0 Å². The van der Waals surface area contributed by atoms with Gasteiger partial charge in [-0.1, -0.05) is 27.7 Å². The first kappa shape index (κ1) is 14.4. The van der Waals surface area contributed by atoms with Gasteiger partial charge in [-0.15, -0.1) is 0 Å². The predicted molar refractivity (Wildman–Crippen MR) is 71.0 cm³/mol. The normalized spacial score (nSPS) is 10.6. The highest BCUT2D eigenvalue weighted by Crippen LogP contribution is 2.35. The van der Waals surface area contributed by atoms with E-state index in [0.29, 0.717) is 18.2 Å². The largest absolute Gasteiger partial charge is 0.478 e. The van der Waals surface area contributed by atoms with Crippen molar-refractivity contribution in [2.24, 2.45) is 4.99 Å². The summed E-state index contributed by atoms with van der Waals surface area (Å²) in [7, 11) is 0. The standard InChI is InChI=1S/C14H19N2O2/c1-6-18-12-7-11(9(2)3)14(15-8-17)13(16-12)10(4)5/h7,9-10H,1,6H2,2-5H3. The van der Waals surface area contributed by atoms with Crippen molar-refractivity contribution in [2.75, 3.05) is 6.61 Å². The third-order valence-electron chi connectivity index (χ3n) is 2.60. The van der Waals surface area contributed by atoms with Crippen molar-refractivity contribution < 1.29 is 9.53 Å². The molecular formula is C14H19N2O2. The van der Waals surface area contributed by atoms with Gasteiger partial charge in [0.15, 0.2) is 0 Å². The molecule has 0 atom stereocenters. The smallest absolute Gasteiger partial charge is 0.240 e. The van der Waals surface area contributed by atoms with Gasteiger partial charge < -0.3 is 4.74 Å². The number of hydrogen-bond donors (Lipinski definition) is 0. The maximum Gasteiger partial charge on any atom is 0.240 e. The van der Waals surface area contributed by atoms with Gasteiger partial charge >= 0.3 is 0 Å². The van der Waals surface area contributed by atoms with Crippen LogP contribution in [0.3, 0.4) is 0 Å². The first-order chi connectivity index (χ1) is 8.51. The zero-order valence-corrected chi connectivity index (χ0v) is 11.4. The van der Waals surface area contributed by atoms with E-state index in [-0.39, 0.29) is 11.8 Å². The summed E-state index contributed by atoms with van der Waals surface area (Å²) in [4.78, 5) is 18.8. The Balaban J connectivity index is 3.49. The Morgan fingerprint density at radius 2 is 2.06 bits per heavy atom. The van der Waals surface area contributed by atoms with Gasteiger partial charge in [0.05, 0.1) is 12.3 Å². The van der Waals surface area contributed by atoms with E-state index >= 15 is 0 Å².